The molecule has 1 aromatic rings. The van der Waals surface area contributed by atoms with Gasteiger partial charge in [-0.3, -0.25) is 0 Å². The Labute approximate surface area is 115 Å². The lowest BCUT2D eigenvalue weighted by molar-refractivity contribution is 0.102. The second kappa shape index (κ2) is 6.66. The van der Waals surface area contributed by atoms with Gasteiger partial charge in [0.2, 0.25) is 0 Å². The summed E-state index contributed by atoms with van der Waals surface area (Å²) in [4.78, 5) is 6.45. The Morgan fingerprint density at radius 2 is 2.28 bits per heavy atom. The van der Waals surface area contributed by atoms with Crippen LogP contribution in [0.4, 0.5) is 0 Å². The van der Waals surface area contributed by atoms with Crippen molar-refractivity contribution < 1.29 is 0 Å². The minimum atomic E-state index is 0.586. The summed E-state index contributed by atoms with van der Waals surface area (Å²) in [7, 11) is 6.58. The van der Waals surface area contributed by atoms with Crippen LogP contribution in [0.15, 0.2) is 17.5 Å². The predicted molar refractivity (Wildman–Crippen MR) is 79.4 cm³/mol. The summed E-state index contributed by atoms with van der Waals surface area (Å²) >= 11 is 1.87. The Morgan fingerprint density at radius 1 is 1.44 bits per heavy atom. The van der Waals surface area contributed by atoms with E-state index in [-0.39, 0.29) is 0 Å². The highest BCUT2D eigenvalue weighted by Gasteiger charge is 2.24. The molecule has 2 atom stereocenters. The van der Waals surface area contributed by atoms with E-state index in [9.17, 15) is 0 Å². The van der Waals surface area contributed by atoms with Gasteiger partial charge >= 0.3 is 0 Å². The predicted octanol–water partition coefficient (Wildman–Crippen LogP) is 1.51. The van der Waals surface area contributed by atoms with Gasteiger partial charge in [-0.1, -0.05) is 6.07 Å². The fourth-order valence-electron chi connectivity index (χ4n) is 2.66. The molecule has 1 fully saturated rings. The fraction of sp³-hybridized carbons (Fsp3) is 0.714. The van der Waals surface area contributed by atoms with Gasteiger partial charge < -0.3 is 15.1 Å². The molecule has 1 aliphatic rings. The molecule has 1 saturated heterocycles. The number of likely N-dealkylation sites (N-methyl/N-ethyl adjacent to an activating group) is 3. The Kier molecular flexibility index (Phi) is 5.18. The number of nitrogens with one attached hydrogen (secondary N) is 1. The highest BCUT2D eigenvalue weighted by molar-refractivity contribution is 7.09. The van der Waals surface area contributed by atoms with E-state index >= 15 is 0 Å². The molecule has 1 N–H and O–H groups in total. The molecule has 0 aromatic carbocycles. The molecule has 1 aromatic heterocycles. The summed E-state index contributed by atoms with van der Waals surface area (Å²) in [6.45, 7) is 3.58. The molecule has 2 rings (SSSR count). The third-order valence-electron chi connectivity index (χ3n) is 3.97. The van der Waals surface area contributed by atoms with E-state index in [1.165, 1.54) is 30.9 Å². The maximum atomic E-state index is 3.48. The second-order valence-electron chi connectivity index (χ2n) is 5.40. The van der Waals surface area contributed by atoms with E-state index in [2.05, 4.69) is 53.8 Å². The van der Waals surface area contributed by atoms with E-state index in [1.807, 2.05) is 11.3 Å². The summed E-state index contributed by atoms with van der Waals surface area (Å²) in [6, 6.07) is 5.66. The number of rotatable bonds is 5. The largest absolute Gasteiger partial charge is 0.317 e. The van der Waals surface area contributed by atoms with E-state index in [1.54, 1.807) is 0 Å². The van der Waals surface area contributed by atoms with E-state index < -0.39 is 0 Å². The topological polar surface area (TPSA) is 18.5 Å². The van der Waals surface area contributed by atoms with E-state index in [0.717, 1.165) is 6.42 Å². The van der Waals surface area contributed by atoms with Crippen LogP contribution in [0.1, 0.15) is 11.3 Å². The van der Waals surface area contributed by atoms with Gasteiger partial charge in [0.05, 0.1) is 0 Å². The van der Waals surface area contributed by atoms with Crippen molar-refractivity contribution in [2.75, 3.05) is 40.8 Å². The average molecular weight is 267 g/mol. The van der Waals surface area contributed by atoms with Crippen LogP contribution >= 0.6 is 11.3 Å². The van der Waals surface area contributed by atoms with Crippen molar-refractivity contribution in [3.8, 4) is 0 Å². The molecule has 0 spiro atoms. The Bertz CT molecular complexity index is 339. The van der Waals surface area contributed by atoms with E-state index in [0.29, 0.717) is 12.1 Å². The fourth-order valence-corrected chi connectivity index (χ4v) is 3.45. The van der Waals surface area contributed by atoms with Crippen LogP contribution < -0.4 is 5.32 Å². The lowest BCUT2D eigenvalue weighted by atomic mass is 10.0. The molecule has 18 heavy (non-hydrogen) atoms. The van der Waals surface area contributed by atoms with Crippen molar-refractivity contribution in [3.05, 3.63) is 22.4 Å². The summed E-state index contributed by atoms with van der Waals surface area (Å²) in [5.74, 6) is 0. The maximum Gasteiger partial charge on any atom is 0.0235 e. The number of nitrogens with zero attached hydrogens (tertiary/aromatic N) is 2. The molecular formula is C14H25N3S. The summed E-state index contributed by atoms with van der Waals surface area (Å²) < 4.78 is 0. The normalized spacial score (nSPS) is 24.3. The first kappa shape index (κ1) is 14.0. The molecule has 0 saturated carbocycles. The number of hydrogen-bond donors (Lipinski definition) is 1. The van der Waals surface area contributed by atoms with E-state index in [4.69, 9.17) is 0 Å². The summed E-state index contributed by atoms with van der Waals surface area (Å²) in [6.07, 6.45) is 2.39. The van der Waals surface area contributed by atoms with Crippen molar-refractivity contribution in [1.29, 1.82) is 0 Å². The lowest BCUT2D eigenvalue weighted by Crippen LogP contribution is -2.52. The number of hydrogen-bond acceptors (Lipinski definition) is 4. The summed E-state index contributed by atoms with van der Waals surface area (Å²) in [5.41, 5.74) is 0. The average Bonchev–Trinajstić information content (AvgIpc) is 2.85. The minimum absolute atomic E-state index is 0.586. The second-order valence-corrected chi connectivity index (χ2v) is 6.43. The molecule has 102 valence electrons. The number of thiophene rings is 1. The van der Waals surface area contributed by atoms with Crippen molar-refractivity contribution in [1.82, 2.24) is 15.1 Å². The van der Waals surface area contributed by atoms with Crippen molar-refractivity contribution in [2.24, 2.45) is 0 Å². The zero-order valence-corrected chi connectivity index (χ0v) is 12.5. The molecule has 0 bridgehead atoms. The third kappa shape index (κ3) is 3.79. The van der Waals surface area contributed by atoms with Crippen LogP contribution in [0.3, 0.4) is 0 Å². The van der Waals surface area contributed by atoms with Crippen LogP contribution in [0, 0.1) is 0 Å². The molecule has 2 heterocycles. The van der Waals surface area contributed by atoms with Crippen molar-refractivity contribution in [2.45, 2.75) is 24.9 Å². The molecule has 1 aliphatic heterocycles. The number of piperazine rings is 1. The van der Waals surface area contributed by atoms with Crippen LogP contribution in [0.2, 0.25) is 0 Å². The zero-order valence-electron chi connectivity index (χ0n) is 11.7. The monoisotopic (exact) mass is 267 g/mol. The molecule has 0 amide bonds. The van der Waals surface area contributed by atoms with Gasteiger partial charge in [0.1, 0.15) is 0 Å². The first-order valence-electron chi connectivity index (χ1n) is 6.77. The molecular weight excluding hydrogens is 242 g/mol. The van der Waals surface area contributed by atoms with Gasteiger partial charge in [-0.2, -0.15) is 0 Å². The van der Waals surface area contributed by atoms with Gasteiger partial charge in [-0.15, -0.1) is 11.3 Å². The highest BCUT2D eigenvalue weighted by atomic mass is 32.1. The first-order valence-corrected chi connectivity index (χ1v) is 7.65. The SMILES string of the molecule is CNC(Cc1cccs1)CC1CN(C)CCN1C. The standard InChI is InChI=1S/C14H25N3S/c1-15-12(10-14-5-4-8-18-14)9-13-11-16(2)6-7-17(13)3/h4-5,8,12-13,15H,6-7,9-11H2,1-3H3. The molecule has 0 aliphatic carbocycles. The lowest BCUT2D eigenvalue weighted by Gasteiger charge is -2.39. The molecule has 4 heteroatoms. The van der Waals surface area contributed by atoms with Crippen LogP contribution in [-0.4, -0.2) is 62.7 Å². The third-order valence-corrected chi connectivity index (χ3v) is 4.87. The van der Waals surface area contributed by atoms with Gasteiger partial charge in [-0.05, 0) is 45.4 Å². The smallest absolute Gasteiger partial charge is 0.0235 e. The Hall–Kier alpha value is -0.420. The van der Waals surface area contributed by atoms with Gasteiger partial charge in [-0.25, -0.2) is 0 Å². The molecule has 0 radical (unpaired) electrons. The quantitative estimate of drug-likeness (QED) is 0.872. The Balaban J connectivity index is 1.88. The minimum Gasteiger partial charge on any atom is -0.317 e. The van der Waals surface area contributed by atoms with Crippen LogP contribution in [0.5, 0.6) is 0 Å². The van der Waals surface area contributed by atoms with Crippen molar-refractivity contribution >= 4 is 11.3 Å². The zero-order chi connectivity index (χ0) is 13.0. The highest BCUT2D eigenvalue weighted by Crippen LogP contribution is 2.17. The van der Waals surface area contributed by atoms with Gasteiger partial charge in [0.25, 0.3) is 0 Å². The molecule has 3 nitrogen and oxygen atoms in total. The van der Waals surface area contributed by atoms with Gasteiger partial charge in [0.15, 0.2) is 0 Å². The maximum absolute atomic E-state index is 3.48. The van der Waals surface area contributed by atoms with Gasteiger partial charge in [0, 0.05) is 36.6 Å². The summed E-state index contributed by atoms with van der Waals surface area (Å²) in [5, 5.41) is 5.65. The first-order chi connectivity index (χ1) is 8.69. The molecule has 2 unspecified atom stereocenters. The van der Waals surface area contributed by atoms with Crippen molar-refractivity contribution in [3.63, 3.8) is 0 Å². The Morgan fingerprint density at radius 3 is 2.94 bits per heavy atom. The van der Waals surface area contributed by atoms with Crippen LogP contribution in [-0.2, 0) is 6.42 Å². The van der Waals surface area contributed by atoms with Crippen LogP contribution in [0.25, 0.3) is 0 Å².